The standard InChI is InChI=1S/C16H20N2O3/c1-11(2)9-18-16(20)13(10-19)8-15(17-18)12-5-4-6-14(7-12)21-3/h4-8,11,19H,9-10H2,1-3H3. The molecule has 0 unspecified atom stereocenters. The highest BCUT2D eigenvalue weighted by molar-refractivity contribution is 5.61. The number of rotatable bonds is 5. The predicted octanol–water partition coefficient (Wildman–Crippen LogP) is 2.07. The van der Waals surface area contributed by atoms with Gasteiger partial charge >= 0.3 is 0 Å². The fourth-order valence-electron chi connectivity index (χ4n) is 2.10. The smallest absolute Gasteiger partial charge is 0.272 e. The molecule has 0 bridgehead atoms. The lowest BCUT2D eigenvalue weighted by atomic mass is 10.1. The molecule has 0 atom stereocenters. The highest BCUT2D eigenvalue weighted by Crippen LogP contribution is 2.22. The maximum absolute atomic E-state index is 12.2. The van der Waals surface area contributed by atoms with Gasteiger partial charge in [-0.2, -0.15) is 5.10 Å². The Morgan fingerprint density at radius 1 is 1.33 bits per heavy atom. The minimum absolute atomic E-state index is 0.238. The van der Waals surface area contributed by atoms with Crippen LogP contribution in [0.5, 0.6) is 5.75 Å². The van der Waals surface area contributed by atoms with Crippen LogP contribution in [0.15, 0.2) is 35.1 Å². The highest BCUT2D eigenvalue weighted by atomic mass is 16.5. The Bertz CT molecular complexity index is 677. The molecule has 0 amide bonds. The van der Waals surface area contributed by atoms with Crippen LogP contribution in [-0.4, -0.2) is 22.0 Å². The quantitative estimate of drug-likeness (QED) is 0.914. The average Bonchev–Trinajstić information content (AvgIpc) is 2.49. The first-order valence-corrected chi connectivity index (χ1v) is 6.91. The lowest BCUT2D eigenvalue weighted by Gasteiger charge is -2.12. The summed E-state index contributed by atoms with van der Waals surface area (Å²) >= 11 is 0. The van der Waals surface area contributed by atoms with E-state index in [1.807, 2.05) is 38.1 Å². The fraction of sp³-hybridized carbons (Fsp3) is 0.375. The first-order chi connectivity index (χ1) is 10.0. The average molecular weight is 288 g/mol. The molecule has 0 saturated carbocycles. The number of hydrogen-bond donors (Lipinski definition) is 1. The van der Waals surface area contributed by atoms with Gasteiger partial charge in [-0.1, -0.05) is 26.0 Å². The second kappa shape index (κ2) is 6.54. The summed E-state index contributed by atoms with van der Waals surface area (Å²) in [5.74, 6) is 1.02. The molecular formula is C16H20N2O3. The zero-order valence-corrected chi connectivity index (χ0v) is 12.5. The molecule has 0 aliphatic heterocycles. The molecule has 112 valence electrons. The van der Waals surface area contributed by atoms with Crippen molar-refractivity contribution in [1.82, 2.24) is 9.78 Å². The maximum atomic E-state index is 12.2. The molecule has 5 heteroatoms. The summed E-state index contributed by atoms with van der Waals surface area (Å²) in [4.78, 5) is 12.2. The van der Waals surface area contributed by atoms with E-state index in [1.54, 1.807) is 13.2 Å². The van der Waals surface area contributed by atoms with Gasteiger partial charge in [0.25, 0.3) is 5.56 Å². The van der Waals surface area contributed by atoms with Crippen molar-refractivity contribution in [3.8, 4) is 17.0 Å². The van der Waals surface area contributed by atoms with Crippen LogP contribution < -0.4 is 10.3 Å². The van der Waals surface area contributed by atoms with Crippen molar-refractivity contribution in [1.29, 1.82) is 0 Å². The SMILES string of the molecule is COc1cccc(-c2cc(CO)c(=O)n(CC(C)C)n2)c1. The number of methoxy groups -OCH3 is 1. The molecule has 21 heavy (non-hydrogen) atoms. The Hall–Kier alpha value is -2.14. The summed E-state index contributed by atoms with van der Waals surface area (Å²) < 4.78 is 6.63. The summed E-state index contributed by atoms with van der Waals surface area (Å²) in [5.41, 5.74) is 1.61. The Labute approximate surface area is 123 Å². The fourth-order valence-corrected chi connectivity index (χ4v) is 2.10. The van der Waals surface area contributed by atoms with Gasteiger partial charge in [0.2, 0.25) is 0 Å². The van der Waals surface area contributed by atoms with E-state index < -0.39 is 0 Å². The first-order valence-electron chi connectivity index (χ1n) is 6.91. The molecule has 5 nitrogen and oxygen atoms in total. The minimum atomic E-state index is -0.295. The number of aliphatic hydroxyl groups excluding tert-OH is 1. The van der Waals surface area contributed by atoms with Crippen molar-refractivity contribution in [3.05, 3.63) is 46.2 Å². The molecule has 1 heterocycles. The first kappa shape index (κ1) is 15.3. The summed E-state index contributed by atoms with van der Waals surface area (Å²) in [5, 5.41) is 13.8. The molecule has 2 aromatic rings. The minimum Gasteiger partial charge on any atom is -0.497 e. The second-order valence-corrected chi connectivity index (χ2v) is 5.33. The molecule has 0 spiro atoms. The van der Waals surface area contributed by atoms with Crippen molar-refractivity contribution >= 4 is 0 Å². The van der Waals surface area contributed by atoms with Gasteiger partial charge in [-0.25, -0.2) is 4.68 Å². The van der Waals surface area contributed by atoms with Gasteiger partial charge in [0, 0.05) is 17.7 Å². The topological polar surface area (TPSA) is 64.3 Å². The van der Waals surface area contributed by atoms with E-state index in [9.17, 15) is 9.90 Å². The molecule has 1 N–H and O–H groups in total. The maximum Gasteiger partial charge on any atom is 0.272 e. The third-order valence-electron chi connectivity index (χ3n) is 3.12. The Kier molecular flexibility index (Phi) is 4.75. The van der Waals surface area contributed by atoms with Gasteiger partial charge in [0.15, 0.2) is 0 Å². The zero-order valence-electron chi connectivity index (χ0n) is 12.5. The number of nitrogens with zero attached hydrogens (tertiary/aromatic N) is 2. The lowest BCUT2D eigenvalue weighted by molar-refractivity contribution is 0.277. The zero-order chi connectivity index (χ0) is 15.4. The van der Waals surface area contributed by atoms with Crippen LogP contribution in [0.3, 0.4) is 0 Å². The van der Waals surface area contributed by atoms with E-state index in [-0.39, 0.29) is 12.2 Å². The van der Waals surface area contributed by atoms with Gasteiger partial charge in [-0.05, 0) is 24.1 Å². The van der Waals surface area contributed by atoms with Crippen LogP contribution >= 0.6 is 0 Å². The van der Waals surface area contributed by atoms with Crippen molar-refractivity contribution in [2.75, 3.05) is 7.11 Å². The van der Waals surface area contributed by atoms with Gasteiger partial charge in [-0.15, -0.1) is 0 Å². The molecule has 0 fully saturated rings. The largest absolute Gasteiger partial charge is 0.497 e. The summed E-state index contributed by atoms with van der Waals surface area (Å²) in [7, 11) is 1.60. The van der Waals surface area contributed by atoms with Crippen molar-refractivity contribution < 1.29 is 9.84 Å². The molecule has 0 aliphatic rings. The van der Waals surface area contributed by atoms with Crippen molar-refractivity contribution in [3.63, 3.8) is 0 Å². The van der Waals surface area contributed by atoms with E-state index in [1.165, 1.54) is 4.68 Å². The Morgan fingerprint density at radius 2 is 2.10 bits per heavy atom. The molecule has 0 saturated heterocycles. The second-order valence-electron chi connectivity index (χ2n) is 5.33. The number of benzene rings is 1. The summed E-state index contributed by atoms with van der Waals surface area (Å²) in [6.45, 7) is 4.26. The lowest BCUT2D eigenvalue weighted by Crippen LogP contribution is -2.28. The predicted molar refractivity (Wildman–Crippen MR) is 81.2 cm³/mol. The van der Waals surface area contributed by atoms with Crippen LogP contribution in [0.4, 0.5) is 0 Å². The van der Waals surface area contributed by atoms with E-state index >= 15 is 0 Å². The van der Waals surface area contributed by atoms with Crippen molar-refractivity contribution in [2.24, 2.45) is 5.92 Å². The third-order valence-corrected chi connectivity index (χ3v) is 3.12. The Morgan fingerprint density at radius 3 is 2.71 bits per heavy atom. The number of ether oxygens (including phenoxy) is 1. The Balaban J connectivity index is 2.55. The molecular weight excluding hydrogens is 268 g/mol. The van der Waals surface area contributed by atoms with Crippen LogP contribution in [0, 0.1) is 5.92 Å². The molecule has 1 aromatic heterocycles. The van der Waals surface area contributed by atoms with Crippen LogP contribution in [0.1, 0.15) is 19.4 Å². The van der Waals surface area contributed by atoms with E-state index in [4.69, 9.17) is 4.74 Å². The van der Waals surface area contributed by atoms with E-state index in [0.717, 1.165) is 11.3 Å². The molecule has 0 radical (unpaired) electrons. The monoisotopic (exact) mass is 288 g/mol. The number of aliphatic hydroxyl groups is 1. The number of aromatic nitrogens is 2. The summed E-state index contributed by atoms with van der Waals surface area (Å²) in [6.07, 6.45) is 0. The van der Waals surface area contributed by atoms with Crippen LogP contribution in [0.25, 0.3) is 11.3 Å². The molecule has 1 aromatic carbocycles. The summed E-state index contributed by atoms with van der Waals surface area (Å²) in [6, 6.07) is 9.10. The van der Waals surface area contributed by atoms with Crippen molar-refractivity contribution in [2.45, 2.75) is 27.0 Å². The highest BCUT2D eigenvalue weighted by Gasteiger charge is 2.11. The molecule has 0 aliphatic carbocycles. The number of hydrogen-bond acceptors (Lipinski definition) is 4. The van der Waals surface area contributed by atoms with E-state index in [0.29, 0.717) is 23.7 Å². The van der Waals surface area contributed by atoms with Gasteiger partial charge in [0.05, 0.1) is 19.4 Å². The van der Waals surface area contributed by atoms with Gasteiger partial charge in [-0.3, -0.25) is 4.79 Å². The van der Waals surface area contributed by atoms with E-state index in [2.05, 4.69) is 5.10 Å². The van der Waals surface area contributed by atoms with Gasteiger partial charge in [0.1, 0.15) is 5.75 Å². The third kappa shape index (κ3) is 3.49. The normalized spacial score (nSPS) is 10.9. The molecule has 2 rings (SSSR count). The van der Waals surface area contributed by atoms with Gasteiger partial charge < -0.3 is 9.84 Å². The van der Waals surface area contributed by atoms with Crippen LogP contribution in [0.2, 0.25) is 0 Å². The van der Waals surface area contributed by atoms with Crippen LogP contribution in [-0.2, 0) is 13.2 Å².